The Hall–Kier alpha value is -1.33. The van der Waals surface area contributed by atoms with Crippen LogP contribution in [0.25, 0.3) is 0 Å². The van der Waals surface area contributed by atoms with Gasteiger partial charge in [-0.1, -0.05) is 19.1 Å². The Bertz CT molecular complexity index is 566. The van der Waals surface area contributed by atoms with Crippen molar-refractivity contribution in [2.24, 2.45) is 0 Å². The molecule has 0 saturated carbocycles. The maximum Gasteiger partial charge on any atom is 0.336 e. The zero-order valence-corrected chi connectivity index (χ0v) is 12.3. The number of rotatable bonds is 6. The number of nitrogens with zero attached hydrogens (tertiary/aromatic N) is 1. The molecule has 5 heteroatoms. The second-order valence-electron chi connectivity index (χ2n) is 4.07. The molecule has 0 aliphatic rings. The highest BCUT2D eigenvalue weighted by Gasteiger charge is 2.10. The summed E-state index contributed by atoms with van der Waals surface area (Å²) in [6.45, 7) is 2.14. The highest BCUT2D eigenvalue weighted by molar-refractivity contribution is 7.98. The van der Waals surface area contributed by atoms with Crippen molar-refractivity contribution < 1.29 is 9.90 Å². The van der Waals surface area contributed by atoms with E-state index in [2.05, 4.69) is 17.3 Å². The molecular formula is C14H15NO2S2. The Kier molecular flexibility index (Phi) is 4.99. The van der Waals surface area contributed by atoms with Crippen molar-refractivity contribution in [1.82, 2.24) is 4.98 Å². The van der Waals surface area contributed by atoms with Crippen LogP contribution in [0.3, 0.4) is 0 Å². The van der Waals surface area contributed by atoms with Crippen LogP contribution in [-0.2, 0) is 12.2 Å². The quantitative estimate of drug-likeness (QED) is 0.815. The first kappa shape index (κ1) is 14.1. The third-order valence-corrected chi connectivity index (χ3v) is 4.62. The van der Waals surface area contributed by atoms with Crippen molar-refractivity contribution >= 4 is 29.1 Å². The summed E-state index contributed by atoms with van der Waals surface area (Å²) in [7, 11) is 0. The fraction of sp³-hybridized carbons (Fsp3) is 0.286. The molecule has 1 aromatic heterocycles. The van der Waals surface area contributed by atoms with E-state index in [1.807, 2.05) is 12.1 Å². The number of aromatic carboxylic acids is 1. The number of benzene rings is 1. The normalized spacial score (nSPS) is 10.6. The fourth-order valence-corrected chi connectivity index (χ4v) is 3.61. The Morgan fingerprint density at radius 3 is 2.95 bits per heavy atom. The van der Waals surface area contributed by atoms with Crippen molar-refractivity contribution in [3.8, 4) is 0 Å². The number of aromatic nitrogens is 1. The van der Waals surface area contributed by atoms with E-state index in [1.54, 1.807) is 23.5 Å². The first-order chi connectivity index (χ1) is 9.20. The minimum Gasteiger partial charge on any atom is -0.478 e. The van der Waals surface area contributed by atoms with Crippen molar-refractivity contribution in [2.75, 3.05) is 0 Å². The molecule has 2 rings (SSSR count). The molecule has 0 atom stereocenters. The lowest BCUT2D eigenvalue weighted by atomic mass is 10.2. The van der Waals surface area contributed by atoms with Crippen molar-refractivity contribution in [2.45, 2.75) is 30.4 Å². The highest BCUT2D eigenvalue weighted by atomic mass is 32.2. The van der Waals surface area contributed by atoms with E-state index in [9.17, 15) is 4.79 Å². The van der Waals surface area contributed by atoms with Gasteiger partial charge in [0.05, 0.1) is 16.3 Å². The third-order valence-electron chi connectivity index (χ3n) is 2.56. The monoisotopic (exact) mass is 293 g/mol. The molecule has 0 fully saturated rings. The number of carboxylic acid groups (broad SMARTS) is 1. The van der Waals surface area contributed by atoms with Gasteiger partial charge in [0.25, 0.3) is 0 Å². The zero-order valence-electron chi connectivity index (χ0n) is 10.6. The first-order valence-electron chi connectivity index (χ1n) is 6.09. The number of carboxylic acids is 1. The molecule has 1 heterocycles. The van der Waals surface area contributed by atoms with Crippen LogP contribution in [0, 0.1) is 0 Å². The van der Waals surface area contributed by atoms with Crippen molar-refractivity contribution in [1.29, 1.82) is 0 Å². The predicted octanol–water partition coefficient (Wildman–Crippen LogP) is 4.09. The van der Waals surface area contributed by atoms with Gasteiger partial charge in [0.15, 0.2) is 0 Å². The summed E-state index contributed by atoms with van der Waals surface area (Å²) >= 11 is 3.20. The number of hydrogen-bond acceptors (Lipinski definition) is 4. The average molecular weight is 293 g/mol. The zero-order chi connectivity index (χ0) is 13.7. The molecule has 0 unspecified atom stereocenters. The molecular weight excluding hydrogens is 278 g/mol. The predicted molar refractivity (Wildman–Crippen MR) is 79.1 cm³/mol. The molecule has 0 amide bonds. The van der Waals surface area contributed by atoms with E-state index in [4.69, 9.17) is 5.11 Å². The number of thiazole rings is 1. The number of carbonyl (C=O) groups is 1. The Balaban J connectivity index is 2.03. The smallest absolute Gasteiger partial charge is 0.336 e. The lowest BCUT2D eigenvalue weighted by Crippen LogP contribution is -1.98. The number of thioether (sulfide) groups is 1. The lowest BCUT2D eigenvalue weighted by molar-refractivity contribution is 0.0693. The maximum atomic E-state index is 11.1. The Morgan fingerprint density at radius 1 is 1.42 bits per heavy atom. The maximum absolute atomic E-state index is 11.1. The van der Waals surface area contributed by atoms with Crippen molar-refractivity contribution in [3.05, 3.63) is 45.9 Å². The van der Waals surface area contributed by atoms with E-state index in [0.717, 1.165) is 28.4 Å². The summed E-state index contributed by atoms with van der Waals surface area (Å²) in [4.78, 5) is 16.4. The molecule has 0 spiro atoms. The number of hydrogen-bond donors (Lipinski definition) is 1. The molecule has 0 saturated heterocycles. The summed E-state index contributed by atoms with van der Waals surface area (Å²) in [5, 5.41) is 12.3. The van der Waals surface area contributed by atoms with E-state index in [-0.39, 0.29) is 0 Å². The van der Waals surface area contributed by atoms with Crippen LogP contribution in [0.1, 0.15) is 34.4 Å². The van der Waals surface area contributed by atoms with Gasteiger partial charge in [-0.05, 0) is 25.0 Å². The molecule has 3 nitrogen and oxygen atoms in total. The molecule has 0 aliphatic carbocycles. The van der Waals surface area contributed by atoms with Gasteiger partial charge in [0.1, 0.15) is 0 Å². The third kappa shape index (κ3) is 3.81. The molecule has 1 N–H and O–H groups in total. The van der Waals surface area contributed by atoms with E-state index in [1.165, 1.54) is 11.8 Å². The van der Waals surface area contributed by atoms with Gasteiger partial charge in [0, 0.05) is 16.0 Å². The molecule has 2 aromatic rings. The SMILES string of the molecule is CCCc1nc(CSc2ccccc2C(=O)O)cs1. The molecule has 1 aromatic carbocycles. The minimum atomic E-state index is -0.881. The number of aryl methyl sites for hydroxylation is 1. The molecule has 0 bridgehead atoms. The largest absolute Gasteiger partial charge is 0.478 e. The topological polar surface area (TPSA) is 50.2 Å². The molecule has 19 heavy (non-hydrogen) atoms. The summed E-state index contributed by atoms with van der Waals surface area (Å²) in [5.74, 6) is -0.169. The van der Waals surface area contributed by atoms with Crippen LogP contribution in [-0.4, -0.2) is 16.1 Å². The summed E-state index contributed by atoms with van der Waals surface area (Å²) in [5.41, 5.74) is 1.38. The standard InChI is InChI=1S/C14H15NO2S2/c1-2-5-13-15-10(9-19-13)8-18-12-7-4-3-6-11(12)14(16)17/h3-4,6-7,9H,2,5,8H2,1H3,(H,16,17). The van der Waals surface area contributed by atoms with E-state index < -0.39 is 5.97 Å². The second kappa shape index (κ2) is 6.73. The van der Waals surface area contributed by atoms with Crippen LogP contribution < -0.4 is 0 Å². The summed E-state index contributed by atoms with van der Waals surface area (Å²) < 4.78 is 0. The highest BCUT2D eigenvalue weighted by Crippen LogP contribution is 2.27. The van der Waals surface area contributed by atoms with Gasteiger partial charge in [0.2, 0.25) is 0 Å². The summed E-state index contributed by atoms with van der Waals surface area (Å²) in [6.07, 6.45) is 2.11. The van der Waals surface area contributed by atoms with Crippen LogP contribution >= 0.6 is 23.1 Å². The Morgan fingerprint density at radius 2 is 2.21 bits per heavy atom. The fourth-order valence-electron chi connectivity index (χ4n) is 1.66. The van der Waals surface area contributed by atoms with Crippen LogP contribution in [0.2, 0.25) is 0 Å². The van der Waals surface area contributed by atoms with Crippen LogP contribution in [0.4, 0.5) is 0 Å². The lowest BCUT2D eigenvalue weighted by Gasteiger charge is -2.03. The van der Waals surface area contributed by atoms with Gasteiger partial charge >= 0.3 is 5.97 Å². The minimum absolute atomic E-state index is 0.358. The summed E-state index contributed by atoms with van der Waals surface area (Å²) in [6, 6.07) is 7.08. The van der Waals surface area contributed by atoms with E-state index in [0.29, 0.717) is 11.3 Å². The first-order valence-corrected chi connectivity index (χ1v) is 7.95. The van der Waals surface area contributed by atoms with Gasteiger partial charge in [-0.25, -0.2) is 9.78 Å². The average Bonchev–Trinajstić information content (AvgIpc) is 2.85. The second-order valence-corrected chi connectivity index (χ2v) is 6.03. The van der Waals surface area contributed by atoms with Gasteiger partial charge in [-0.15, -0.1) is 23.1 Å². The van der Waals surface area contributed by atoms with Crippen LogP contribution in [0.15, 0.2) is 34.5 Å². The van der Waals surface area contributed by atoms with E-state index >= 15 is 0 Å². The molecule has 0 radical (unpaired) electrons. The van der Waals surface area contributed by atoms with Gasteiger partial charge in [-0.3, -0.25) is 0 Å². The molecule has 0 aliphatic heterocycles. The van der Waals surface area contributed by atoms with Gasteiger partial charge < -0.3 is 5.11 Å². The van der Waals surface area contributed by atoms with Crippen LogP contribution in [0.5, 0.6) is 0 Å². The molecule has 100 valence electrons. The Labute approximate surface area is 120 Å². The van der Waals surface area contributed by atoms with Crippen molar-refractivity contribution in [3.63, 3.8) is 0 Å². The van der Waals surface area contributed by atoms with Gasteiger partial charge in [-0.2, -0.15) is 0 Å².